The van der Waals surface area contributed by atoms with E-state index in [0.29, 0.717) is 12.3 Å². The Morgan fingerprint density at radius 2 is 1.78 bits per heavy atom. The van der Waals surface area contributed by atoms with Gasteiger partial charge in [0, 0.05) is 6.42 Å². The summed E-state index contributed by atoms with van der Waals surface area (Å²) in [6.07, 6.45) is 5.10. The van der Waals surface area contributed by atoms with E-state index in [1.165, 1.54) is 0 Å². The van der Waals surface area contributed by atoms with Gasteiger partial charge in [0.05, 0.1) is 12.3 Å². The van der Waals surface area contributed by atoms with Crippen LogP contribution in [0.1, 0.15) is 38.5 Å². The van der Waals surface area contributed by atoms with Crippen LogP contribution < -0.4 is 10.5 Å². The van der Waals surface area contributed by atoms with Crippen molar-refractivity contribution in [2.24, 2.45) is 0 Å². The Hall–Kier alpha value is -1.71. The molecule has 0 atom stereocenters. The molecule has 0 spiro atoms. The fraction of sp³-hybridized carbons (Fsp3) is 0.500. The van der Waals surface area contributed by atoms with Gasteiger partial charge in [0.25, 0.3) is 0 Å². The molecule has 1 rings (SSSR count). The lowest BCUT2D eigenvalue weighted by Gasteiger charge is -2.08. The van der Waals surface area contributed by atoms with Crippen molar-refractivity contribution >= 4 is 11.7 Å². The summed E-state index contributed by atoms with van der Waals surface area (Å²) in [4.78, 5) is 10.3. The predicted molar refractivity (Wildman–Crippen MR) is 71.7 cm³/mol. The first-order chi connectivity index (χ1) is 8.70. The number of rotatable bonds is 9. The number of carboxylic acid groups (broad SMARTS) is 1. The monoisotopic (exact) mass is 251 g/mol. The maximum Gasteiger partial charge on any atom is 0.303 e. The highest BCUT2D eigenvalue weighted by Crippen LogP contribution is 2.20. The Balaban J connectivity index is 1.99. The fourth-order valence-corrected chi connectivity index (χ4v) is 1.70. The third-order valence-corrected chi connectivity index (χ3v) is 2.71. The average molecular weight is 251 g/mol. The lowest BCUT2D eigenvalue weighted by molar-refractivity contribution is -0.137. The topological polar surface area (TPSA) is 72.5 Å². The van der Waals surface area contributed by atoms with Crippen LogP contribution in [0.5, 0.6) is 5.75 Å². The Labute approximate surface area is 108 Å². The van der Waals surface area contributed by atoms with Gasteiger partial charge < -0.3 is 15.6 Å². The Morgan fingerprint density at radius 1 is 1.11 bits per heavy atom. The van der Waals surface area contributed by atoms with Crippen LogP contribution in [0.3, 0.4) is 0 Å². The van der Waals surface area contributed by atoms with Crippen molar-refractivity contribution in [1.29, 1.82) is 0 Å². The van der Waals surface area contributed by atoms with E-state index >= 15 is 0 Å². The Kier molecular flexibility index (Phi) is 6.69. The lowest BCUT2D eigenvalue weighted by Crippen LogP contribution is -2.00. The molecule has 0 unspecified atom stereocenters. The maximum absolute atomic E-state index is 10.3. The molecule has 0 bridgehead atoms. The normalized spacial score (nSPS) is 10.2. The van der Waals surface area contributed by atoms with Crippen LogP contribution >= 0.6 is 0 Å². The van der Waals surface area contributed by atoms with Gasteiger partial charge >= 0.3 is 5.97 Å². The zero-order valence-corrected chi connectivity index (χ0v) is 10.6. The molecule has 18 heavy (non-hydrogen) atoms. The van der Waals surface area contributed by atoms with Crippen LogP contribution in [-0.2, 0) is 4.79 Å². The molecule has 0 fully saturated rings. The number of unbranched alkanes of at least 4 members (excludes halogenated alkanes) is 4. The molecule has 0 aliphatic carbocycles. The molecule has 4 heteroatoms. The molecule has 0 aliphatic rings. The summed E-state index contributed by atoms with van der Waals surface area (Å²) >= 11 is 0. The minimum atomic E-state index is -0.710. The molecule has 0 radical (unpaired) electrons. The van der Waals surface area contributed by atoms with Gasteiger partial charge in [-0.3, -0.25) is 4.79 Å². The number of nitrogen functional groups attached to an aromatic ring is 1. The van der Waals surface area contributed by atoms with E-state index < -0.39 is 5.97 Å². The largest absolute Gasteiger partial charge is 0.491 e. The van der Waals surface area contributed by atoms with Gasteiger partial charge in [-0.2, -0.15) is 0 Å². The van der Waals surface area contributed by atoms with Crippen molar-refractivity contribution in [3.8, 4) is 5.75 Å². The smallest absolute Gasteiger partial charge is 0.303 e. The average Bonchev–Trinajstić information content (AvgIpc) is 2.34. The highest BCUT2D eigenvalue weighted by molar-refractivity contribution is 5.66. The summed E-state index contributed by atoms with van der Waals surface area (Å²) in [5.41, 5.74) is 6.41. The van der Waals surface area contributed by atoms with Gasteiger partial charge in [-0.1, -0.05) is 31.4 Å². The van der Waals surface area contributed by atoms with Crippen molar-refractivity contribution < 1.29 is 14.6 Å². The molecule has 1 aromatic rings. The fourth-order valence-electron chi connectivity index (χ4n) is 1.70. The molecular formula is C14H21NO3. The highest BCUT2D eigenvalue weighted by Gasteiger charge is 1.99. The van der Waals surface area contributed by atoms with Crippen LogP contribution in [0.4, 0.5) is 5.69 Å². The third-order valence-electron chi connectivity index (χ3n) is 2.71. The Bertz CT molecular complexity index is 366. The first kappa shape index (κ1) is 14.4. The van der Waals surface area contributed by atoms with Crippen LogP contribution in [0.15, 0.2) is 24.3 Å². The van der Waals surface area contributed by atoms with Crippen molar-refractivity contribution in [3.05, 3.63) is 24.3 Å². The van der Waals surface area contributed by atoms with E-state index in [0.717, 1.165) is 37.9 Å². The molecule has 0 heterocycles. The number of aliphatic carboxylic acids is 1. The van der Waals surface area contributed by atoms with Crippen LogP contribution in [0.25, 0.3) is 0 Å². The molecule has 1 aromatic carbocycles. The number of hydrogen-bond acceptors (Lipinski definition) is 3. The molecular weight excluding hydrogens is 230 g/mol. The molecule has 0 aliphatic heterocycles. The third kappa shape index (κ3) is 6.13. The summed E-state index contributed by atoms with van der Waals surface area (Å²) in [7, 11) is 0. The summed E-state index contributed by atoms with van der Waals surface area (Å²) in [5, 5.41) is 8.47. The van der Waals surface area contributed by atoms with Gasteiger partial charge in [-0.05, 0) is 25.0 Å². The van der Waals surface area contributed by atoms with E-state index in [-0.39, 0.29) is 6.42 Å². The molecule has 3 N–H and O–H groups in total. The van der Waals surface area contributed by atoms with Crippen molar-refractivity contribution in [1.82, 2.24) is 0 Å². The standard InChI is InChI=1S/C14H21NO3/c15-12-8-5-6-9-13(12)18-11-7-3-1-2-4-10-14(16)17/h5-6,8-9H,1-4,7,10-11,15H2,(H,16,17). The zero-order chi connectivity index (χ0) is 13.2. The number of carboxylic acids is 1. The summed E-state index contributed by atoms with van der Waals surface area (Å²) in [5.74, 6) is 0.0289. The second-order valence-electron chi connectivity index (χ2n) is 4.30. The molecule has 100 valence electrons. The van der Waals surface area contributed by atoms with Crippen molar-refractivity contribution in [3.63, 3.8) is 0 Å². The number of para-hydroxylation sites is 2. The molecule has 0 amide bonds. The lowest BCUT2D eigenvalue weighted by atomic mass is 10.1. The number of ether oxygens (including phenoxy) is 1. The van der Waals surface area contributed by atoms with Crippen molar-refractivity contribution in [2.45, 2.75) is 38.5 Å². The highest BCUT2D eigenvalue weighted by atomic mass is 16.5. The van der Waals surface area contributed by atoms with E-state index in [1.807, 2.05) is 24.3 Å². The number of nitrogens with two attached hydrogens (primary N) is 1. The number of hydrogen-bond donors (Lipinski definition) is 2. The van der Waals surface area contributed by atoms with E-state index in [2.05, 4.69) is 0 Å². The number of benzene rings is 1. The Morgan fingerprint density at radius 3 is 2.50 bits per heavy atom. The molecule has 4 nitrogen and oxygen atoms in total. The summed E-state index contributed by atoms with van der Waals surface area (Å²) in [6.45, 7) is 0.660. The minimum Gasteiger partial charge on any atom is -0.491 e. The second-order valence-corrected chi connectivity index (χ2v) is 4.30. The van der Waals surface area contributed by atoms with Crippen LogP contribution in [0.2, 0.25) is 0 Å². The van der Waals surface area contributed by atoms with Gasteiger partial charge in [-0.25, -0.2) is 0 Å². The number of anilines is 1. The summed E-state index contributed by atoms with van der Waals surface area (Å²) < 4.78 is 5.56. The van der Waals surface area contributed by atoms with E-state index in [9.17, 15) is 4.79 Å². The maximum atomic E-state index is 10.3. The summed E-state index contributed by atoms with van der Waals surface area (Å²) in [6, 6.07) is 7.46. The van der Waals surface area contributed by atoms with Gasteiger partial charge in [0.2, 0.25) is 0 Å². The van der Waals surface area contributed by atoms with Crippen LogP contribution in [0, 0.1) is 0 Å². The van der Waals surface area contributed by atoms with Gasteiger partial charge in [0.1, 0.15) is 5.75 Å². The first-order valence-corrected chi connectivity index (χ1v) is 6.39. The van der Waals surface area contributed by atoms with Crippen molar-refractivity contribution in [2.75, 3.05) is 12.3 Å². The molecule has 0 aromatic heterocycles. The van der Waals surface area contributed by atoms with E-state index in [1.54, 1.807) is 0 Å². The molecule has 0 saturated carbocycles. The van der Waals surface area contributed by atoms with Crippen LogP contribution in [-0.4, -0.2) is 17.7 Å². The van der Waals surface area contributed by atoms with Gasteiger partial charge in [0.15, 0.2) is 0 Å². The minimum absolute atomic E-state index is 0.275. The zero-order valence-electron chi connectivity index (χ0n) is 10.6. The predicted octanol–water partition coefficient (Wildman–Crippen LogP) is 3.07. The number of carbonyl (C=O) groups is 1. The second kappa shape index (κ2) is 8.39. The first-order valence-electron chi connectivity index (χ1n) is 6.39. The van der Waals surface area contributed by atoms with Gasteiger partial charge in [-0.15, -0.1) is 0 Å². The van der Waals surface area contributed by atoms with E-state index in [4.69, 9.17) is 15.6 Å². The molecule has 0 saturated heterocycles. The quantitative estimate of drug-likeness (QED) is 0.522. The SMILES string of the molecule is Nc1ccccc1OCCCCCCCC(=O)O.